The molecule has 0 saturated carbocycles. The Morgan fingerprint density at radius 1 is 1.30 bits per heavy atom. The largest absolute Gasteiger partial charge is 0.416 e. The fourth-order valence-electron chi connectivity index (χ4n) is 2.09. The van der Waals surface area contributed by atoms with Crippen LogP contribution in [0.1, 0.15) is 18.4 Å². The van der Waals surface area contributed by atoms with E-state index < -0.39 is 11.7 Å². The van der Waals surface area contributed by atoms with E-state index in [1.165, 1.54) is 11.6 Å². The van der Waals surface area contributed by atoms with Crippen molar-refractivity contribution in [3.63, 3.8) is 0 Å². The minimum atomic E-state index is -4.30. The number of anilines is 1. The molecule has 1 aliphatic heterocycles. The molecule has 6 heteroatoms. The second-order valence-corrected chi connectivity index (χ2v) is 5.54. The van der Waals surface area contributed by atoms with Crippen LogP contribution in [0.15, 0.2) is 34.3 Å². The number of hydrogen-bond donors (Lipinski definition) is 2. The fourth-order valence-corrected chi connectivity index (χ4v) is 2.61. The van der Waals surface area contributed by atoms with Crippen LogP contribution in [0.2, 0.25) is 0 Å². The fraction of sp³-hybridized carbons (Fsp3) is 0.429. The number of halogens is 4. The van der Waals surface area contributed by atoms with Gasteiger partial charge in [-0.25, -0.2) is 0 Å². The van der Waals surface area contributed by atoms with Gasteiger partial charge in [0.05, 0.1) is 5.56 Å². The van der Waals surface area contributed by atoms with Crippen LogP contribution in [0.3, 0.4) is 0 Å². The van der Waals surface area contributed by atoms with Crippen LogP contribution in [0, 0.1) is 0 Å². The van der Waals surface area contributed by atoms with Crippen LogP contribution in [0.25, 0.3) is 0 Å². The maximum atomic E-state index is 12.5. The normalized spacial score (nSPS) is 15.9. The summed E-state index contributed by atoms with van der Waals surface area (Å²) in [6.45, 7) is 2.62. The Morgan fingerprint density at radius 2 is 2.10 bits per heavy atom. The van der Waals surface area contributed by atoms with Gasteiger partial charge in [-0.3, -0.25) is 0 Å². The predicted molar refractivity (Wildman–Crippen MR) is 77.8 cm³/mol. The Hall–Kier alpha value is -1.01. The van der Waals surface area contributed by atoms with Gasteiger partial charge >= 0.3 is 6.18 Å². The summed E-state index contributed by atoms with van der Waals surface area (Å²) in [5, 5.41) is 6.40. The number of benzene rings is 1. The lowest BCUT2D eigenvalue weighted by molar-refractivity contribution is -0.137. The summed E-state index contributed by atoms with van der Waals surface area (Å²) in [5.41, 5.74) is 1.43. The molecule has 0 amide bonds. The highest BCUT2D eigenvalue weighted by Gasteiger charge is 2.30. The second kappa shape index (κ2) is 6.63. The van der Waals surface area contributed by atoms with E-state index in [0.717, 1.165) is 44.6 Å². The first-order chi connectivity index (χ1) is 9.47. The van der Waals surface area contributed by atoms with Crippen molar-refractivity contribution in [2.75, 3.05) is 25.0 Å². The molecular weight excluding hydrogens is 333 g/mol. The van der Waals surface area contributed by atoms with Crippen LogP contribution < -0.4 is 10.6 Å². The zero-order valence-corrected chi connectivity index (χ0v) is 12.4. The third-order valence-electron chi connectivity index (χ3n) is 3.22. The first-order valence-corrected chi connectivity index (χ1v) is 7.25. The Kier molecular flexibility index (Phi) is 5.10. The molecule has 0 radical (unpaired) electrons. The molecule has 0 spiro atoms. The van der Waals surface area contributed by atoms with Crippen molar-refractivity contribution in [2.45, 2.75) is 19.0 Å². The summed E-state index contributed by atoms with van der Waals surface area (Å²) in [6, 6.07) is 3.66. The monoisotopic (exact) mass is 348 g/mol. The van der Waals surface area contributed by atoms with Crippen LogP contribution in [-0.2, 0) is 6.18 Å². The molecule has 2 nitrogen and oxygen atoms in total. The first-order valence-electron chi connectivity index (χ1n) is 6.46. The molecule has 0 aliphatic carbocycles. The number of alkyl halides is 3. The third kappa shape index (κ3) is 4.24. The van der Waals surface area contributed by atoms with E-state index in [9.17, 15) is 13.2 Å². The van der Waals surface area contributed by atoms with Crippen molar-refractivity contribution in [3.8, 4) is 0 Å². The maximum absolute atomic E-state index is 12.5. The van der Waals surface area contributed by atoms with Crippen LogP contribution >= 0.6 is 15.9 Å². The smallest absolute Gasteiger partial charge is 0.384 e. The highest BCUT2D eigenvalue weighted by Crippen LogP contribution is 2.33. The van der Waals surface area contributed by atoms with Gasteiger partial charge in [-0.2, -0.15) is 13.2 Å². The van der Waals surface area contributed by atoms with Crippen molar-refractivity contribution in [3.05, 3.63) is 39.9 Å². The Bertz CT molecular complexity index is 498. The molecule has 110 valence electrons. The van der Waals surface area contributed by atoms with Gasteiger partial charge in [-0.05, 0) is 53.5 Å². The van der Waals surface area contributed by atoms with Gasteiger partial charge in [0.1, 0.15) is 0 Å². The zero-order valence-electron chi connectivity index (χ0n) is 10.9. The molecule has 0 fully saturated rings. The molecule has 2 N–H and O–H groups in total. The molecule has 0 bridgehead atoms. The van der Waals surface area contributed by atoms with Crippen molar-refractivity contribution in [2.24, 2.45) is 0 Å². The van der Waals surface area contributed by atoms with Crippen molar-refractivity contribution >= 4 is 21.6 Å². The molecule has 1 aromatic carbocycles. The molecule has 0 atom stereocenters. The highest BCUT2D eigenvalue weighted by molar-refractivity contribution is 9.10. The van der Waals surface area contributed by atoms with Crippen LogP contribution in [0.5, 0.6) is 0 Å². The molecule has 20 heavy (non-hydrogen) atoms. The SMILES string of the molecule is FC(F)(F)c1ccc(NCCC2=CCNCC2)c(Br)c1. The average Bonchev–Trinajstić information content (AvgIpc) is 2.40. The Morgan fingerprint density at radius 3 is 2.70 bits per heavy atom. The van der Waals surface area contributed by atoms with Gasteiger partial charge in [-0.1, -0.05) is 11.6 Å². The van der Waals surface area contributed by atoms with E-state index in [1.807, 2.05) is 0 Å². The Balaban J connectivity index is 1.91. The zero-order chi connectivity index (χ0) is 14.6. The molecule has 1 aromatic rings. The van der Waals surface area contributed by atoms with Gasteiger partial charge < -0.3 is 10.6 Å². The lowest BCUT2D eigenvalue weighted by atomic mass is 10.1. The van der Waals surface area contributed by atoms with Crippen LogP contribution in [-0.4, -0.2) is 19.6 Å². The summed E-state index contributed by atoms with van der Waals surface area (Å²) in [5.74, 6) is 0. The third-order valence-corrected chi connectivity index (χ3v) is 3.87. The van der Waals surface area contributed by atoms with E-state index in [4.69, 9.17) is 0 Å². The van der Waals surface area contributed by atoms with Gasteiger partial charge in [0.15, 0.2) is 0 Å². The Labute approximate surface area is 124 Å². The van der Waals surface area contributed by atoms with Crippen molar-refractivity contribution < 1.29 is 13.2 Å². The number of nitrogens with one attached hydrogen (secondary N) is 2. The molecule has 0 unspecified atom stereocenters. The topological polar surface area (TPSA) is 24.1 Å². The summed E-state index contributed by atoms with van der Waals surface area (Å²) in [7, 11) is 0. The van der Waals surface area contributed by atoms with Crippen molar-refractivity contribution in [1.29, 1.82) is 0 Å². The van der Waals surface area contributed by atoms with E-state index in [-0.39, 0.29) is 0 Å². The summed E-state index contributed by atoms with van der Waals surface area (Å²) in [4.78, 5) is 0. The standard InChI is InChI=1S/C14H16BrF3N2/c15-12-9-11(14(16,17)18)1-2-13(12)20-8-5-10-3-6-19-7-4-10/h1-3,9,19-20H,4-8H2. The summed E-state index contributed by atoms with van der Waals surface area (Å²) in [6.07, 6.45) is -0.182. The van der Waals surface area contributed by atoms with Crippen LogP contribution in [0.4, 0.5) is 18.9 Å². The number of rotatable bonds is 4. The first kappa shape index (κ1) is 15.4. The minimum Gasteiger partial charge on any atom is -0.384 e. The highest BCUT2D eigenvalue weighted by atomic mass is 79.9. The summed E-state index contributed by atoms with van der Waals surface area (Å²) < 4.78 is 38.1. The molecule has 1 aliphatic rings. The molecule has 0 saturated heterocycles. The van der Waals surface area contributed by atoms with E-state index in [0.29, 0.717) is 10.2 Å². The van der Waals surface area contributed by atoms with Gasteiger partial charge in [0.25, 0.3) is 0 Å². The molecule has 0 aromatic heterocycles. The van der Waals surface area contributed by atoms with Gasteiger partial charge in [0.2, 0.25) is 0 Å². The lowest BCUT2D eigenvalue weighted by Crippen LogP contribution is -2.21. The molecular formula is C14H16BrF3N2. The second-order valence-electron chi connectivity index (χ2n) is 4.69. The molecule has 2 rings (SSSR count). The van der Waals surface area contributed by atoms with Gasteiger partial charge in [-0.15, -0.1) is 0 Å². The lowest BCUT2D eigenvalue weighted by Gasteiger charge is -2.15. The molecule has 1 heterocycles. The van der Waals surface area contributed by atoms with E-state index >= 15 is 0 Å². The van der Waals surface area contributed by atoms with E-state index in [2.05, 4.69) is 32.6 Å². The van der Waals surface area contributed by atoms with Gasteiger partial charge in [0, 0.05) is 23.2 Å². The number of hydrogen-bond acceptors (Lipinski definition) is 2. The minimum absolute atomic E-state index is 0.437. The summed E-state index contributed by atoms with van der Waals surface area (Å²) >= 11 is 3.18. The maximum Gasteiger partial charge on any atom is 0.416 e. The van der Waals surface area contributed by atoms with E-state index in [1.54, 1.807) is 0 Å². The predicted octanol–water partition coefficient (Wildman–Crippen LogP) is 4.19. The quantitative estimate of drug-likeness (QED) is 0.797. The average molecular weight is 349 g/mol. The van der Waals surface area contributed by atoms with Crippen molar-refractivity contribution in [1.82, 2.24) is 5.32 Å².